The SMILES string of the molecule is COc1cc2c(cc1-c1cnn(CC(=O)N(C)C)c1)-c1c(c(C(=O)N(C)C(C)(C)C)nn1-c1cc(Cl)cc(Cl)c1)CO2. The Bertz CT molecular complexity index is 1680. The molecule has 220 valence electrons. The first-order valence-electron chi connectivity index (χ1n) is 13.2. The molecule has 2 amide bonds. The summed E-state index contributed by atoms with van der Waals surface area (Å²) in [5.74, 6) is 0.812. The smallest absolute Gasteiger partial charge is 0.274 e. The third-order valence-electron chi connectivity index (χ3n) is 7.26. The molecule has 0 saturated carbocycles. The van der Waals surface area contributed by atoms with Crippen LogP contribution in [0.3, 0.4) is 0 Å². The van der Waals surface area contributed by atoms with E-state index in [1.807, 2.05) is 26.8 Å². The minimum atomic E-state index is -0.435. The summed E-state index contributed by atoms with van der Waals surface area (Å²) in [7, 11) is 6.73. The number of hydrogen-bond acceptors (Lipinski definition) is 6. The van der Waals surface area contributed by atoms with Crippen molar-refractivity contribution in [2.75, 3.05) is 28.3 Å². The summed E-state index contributed by atoms with van der Waals surface area (Å²) in [4.78, 5) is 29.2. The van der Waals surface area contributed by atoms with Gasteiger partial charge in [-0.15, -0.1) is 0 Å². The fraction of sp³-hybridized carbons (Fsp3) is 0.333. The van der Waals surface area contributed by atoms with Crippen LogP contribution in [0.4, 0.5) is 0 Å². The molecule has 0 aliphatic carbocycles. The van der Waals surface area contributed by atoms with Crippen molar-refractivity contribution in [2.45, 2.75) is 39.5 Å². The summed E-state index contributed by atoms with van der Waals surface area (Å²) < 4.78 is 15.2. The molecule has 10 nitrogen and oxygen atoms in total. The van der Waals surface area contributed by atoms with Gasteiger partial charge in [0.1, 0.15) is 24.7 Å². The number of amides is 2. The maximum atomic E-state index is 13.8. The quantitative estimate of drug-likeness (QED) is 0.283. The maximum Gasteiger partial charge on any atom is 0.274 e. The molecule has 42 heavy (non-hydrogen) atoms. The first-order valence-corrected chi connectivity index (χ1v) is 14.0. The molecule has 5 rings (SSSR count). The summed E-state index contributed by atoms with van der Waals surface area (Å²) in [5.41, 5.74) is 3.93. The molecular weight excluding hydrogens is 579 g/mol. The molecule has 1 aliphatic heterocycles. The van der Waals surface area contributed by atoms with Gasteiger partial charge in [-0.2, -0.15) is 10.2 Å². The maximum absolute atomic E-state index is 13.8. The molecule has 2 aromatic heterocycles. The number of carbonyl (C=O) groups is 2. The molecule has 0 unspecified atom stereocenters. The second-order valence-electron chi connectivity index (χ2n) is 11.3. The van der Waals surface area contributed by atoms with Gasteiger partial charge in [-0.1, -0.05) is 23.2 Å². The highest BCUT2D eigenvalue weighted by atomic mass is 35.5. The van der Waals surface area contributed by atoms with Gasteiger partial charge >= 0.3 is 0 Å². The minimum Gasteiger partial charge on any atom is -0.496 e. The number of halogens is 2. The predicted octanol–water partition coefficient (Wildman–Crippen LogP) is 5.57. The van der Waals surface area contributed by atoms with E-state index in [4.69, 9.17) is 37.8 Å². The van der Waals surface area contributed by atoms with Gasteiger partial charge in [0.2, 0.25) is 5.91 Å². The standard InChI is InChI=1S/C30H32Cl2N6O4/c1-30(2,3)36(6)29(40)27-23-16-42-25-12-24(41-7)21(17-13-33-37(14-17)15-26(39)35(4)5)11-22(25)28(23)38(34-27)20-9-18(31)8-19(32)10-20/h8-14H,15-16H2,1-7H3. The lowest BCUT2D eigenvalue weighted by atomic mass is 9.96. The fourth-order valence-electron chi connectivity index (χ4n) is 4.63. The predicted molar refractivity (Wildman–Crippen MR) is 162 cm³/mol. The first-order chi connectivity index (χ1) is 19.8. The second kappa shape index (κ2) is 11.0. The number of ether oxygens (including phenoxy) is 2. The van der Waals surface area contributed by atoms with Gasteiger partial charge in [0.25, 0.3) is 5.91 Å². The number of methoxy groups -OCH3 is 1. The molecule has 1 aliphatic rings. The molecule has 0 radical (unpaired) electrons. The number of fused-ring (bicyclic) bond motifs is 3. The monoisotopic (exact) mass is 610 g/mol. The van der Waals surface area contributed by atoms with E-state index >= 15 is 0 Å². The van der Waals surface area contributed by atoms with E-state index in [9.17, 15) is 9.59 Å². The molecular formula is C30H32Cl2N6O4. The zero-order chi connectivity index (χ0) is 30.5. The van der Waals surface area contributed by atoms with Crippen molar-refractivity contribution in [1.82, 2.24) is 29.4 Å². The summed E-state index contributed by atoms with van der Waals surface area (Å²) in [6.07, 6.45) is 3.47. The normalized spacial score (nSPS) is 12.3. The topological polar surface area (TPSA) is 94.7 Å². The van der Waals surface area contributed by atoms with Gasteiger partial charge in [0.15, 0.2) is 5.69 Å². The lowest BCUT2D eigenvalue weighted by molar-refractivity contribution is -0.129. The van der Waals surface area contributed by atoms with Crippen LogP contribution in [-0.2, 0) is 17.9 Å². The van der Waals surface area contributed by atoms with E-state index in [-0.39, 0.29) is 30.7 Å². The van der Waals surface area contributed by atoms with Gasteiger partial charge in [-0.05, 0) is 45.0 Å². The lowest BCUT2D eigenvalue weighted by Crippen LogP contribution is -2.43. The number of likely N-dealkylation sites (N-methyl/N-ethyl adjacent to an activating group) is 1. The zero-order valence-electron chi connectivity index (χ0n) is 24.5. The van der Waals surface area contributed by atoms with Crippen molar-refractivity contribution in [3.63, 3.8) is 0 Å². The Balaban J connectivity index is 1.71. The van der Waals surface area contributed by atoms with Crippen molar-refractivity contribution in [1.29, 1.82) is 0 Å². The Morgan fingerprint density at radius 1 is 1.05 bits per heavy atom. The third-order valence-corrected chi connectivity index (χ3v) is 7.69. The van der Waals surface area contributed by atoms with Gasteiger partial charge in [0, 0.05) is 71.2 Å². The lowest BCUT2D eigenvalue weighted by Gasteiger charge is -2.31. The first kappa shape index (κ1) is 29.5. The van der Waals surface area contributed by atoms with Crippen LogP contribution >= 0.6 is 23.2 Å². The Kier molecular flexibility index (Phi) is 7.72. The zero-order valence-corrected chi connectivity index (χ0v) is 26.0. The van der Waals surface area contributed by atoms with Crippen LogP contribution in [0.25, 0.3) is 28.1 Å². The number of carbonyl (C=O) groups excluding carboxylic acids is 2. The van der Waals surface area contributed by atoms with Gasteiger partial charge in [0.05, 0.1) is 24.7 Å². The van der Waals surface area contributed by atoms with E-state index in [1.54, 1.807) is 79.2 Å². The van der Waals surface area contributed by atoms with Crippen molar-refractivity contribution in [3.8, 4) is 39.6 Å². The number of hydrogen-bond donors (Lipinski definition) is 0. The highest BCUT2D eigenvalue weighted by Gasteiger charge is 2.35. The van der Waals surface area contributed by atoms with Gasteiger partial charge in [-0.3, -0.25) is 14.3 Å². The van der Waals surface area contributed by atoms with E-state index < -0.39 is 5.54 Å². The van der Waals surface area contributed by atoms with Crippen molar-refractivity contribution in [2.24, 2.45) is 0 Å². The third kappa shape index (κ3) is 5.44. The van der Waals surface area contributed by atoms with Gasteiger partial charge < -0.3 is 19.3 Å². The molecule has 12 heteroatoms. The van der Waals surface area contributed by atoms with E-state index in [1.165, 1.54) is 4.90 Å². The highest BCUT2D eigenvalue weighted by molar-refractivity contribution is 6.34. The average Bonchev–Trinajstić information content (AvgIpc) is 3.55. The summed E-state index contributed by atoms with van der Waals surface area (Å²) >= 11 is 12.8. The Morgan fingerprint density at radius 2 is 1.74 bits per heavy atom. The highest BCUT2D eigenvalue weighted by Crippen LogP contribution is 2.46. The number of rotatable bonds is 6. The van der Waals surface area contributed by atoms with Crippen molar-refractivity contribution in [3.05, 3.63) is 64.0 Å². The van der Waals surface area contributed by atoms with E-state index in [0.29, 0.717) is 44.1 Å². The molecule has 0 atom stereocenters. The van der Waals surface area contributed by atoms with E-state index in [2.05, 4.69) is 5.10 Å². The van der Waals surface area contributed by atoms with Crippen LogP contribution in [0.2, 0.25) is 10.0 Å². The van der Waals surface area contributed by atoms with Crippen LogP contribution in [0.5, 0.6) is 11.5 Å². The molecule has 2 aromatic carbocycles. The molecule has 0 fully saturated rings. The van der Waals surface area contributed by atoms with Crippen LogP contribution in [0.15, 0.2) is 42.7 Å². The molecule has 0 saturated heterocycles. The Labute approximate surface area is 254 Å². The Morgan fingerprint density at radius 3 is 2.36 bits per heavy atom. The number of aromatic nitrogens is 4. The van der Waals surface area contributed by atoms with Crippen LogP contribution in [0.1, 0.15) is 36.8 Å². The Hall–Kier alpha value is -4.02. The average molecular weight is 612 g/mol. The molecule has 3 heterocycles. The molecule has 0 N–H and O–H groups in total. The van der Waals surface area contributed by atoms with Crippen LogP contribution in [0, 0.1) is 0 Å². The summed E-state index contributed by atoms with van der Waals surface area (Å²) in [6, 6.07) is 8.86. The van der Waals surface area contributed by atoms with E-state index in [0.717, 1.165) is 11.1 Å². The number of nitrogens with zero attached hydrogens (tertiary/aromatic N) is 6. The number of benzene rings is 2. The van der Waals surface area contributed by atoms with Crippen molar-refractivity contribution < 1.29 is 19.1 Å². The minimum absolute atomic E-state index is 0.0818. The molecule has 4 aromatic rings. The molecule has 0 spiro atoms. The largest absolute Gasteiger partial charge is 0.496 e. The van der Waals surface area contributed by atoms with Gasteiger partial charge in [-0.25, -0.2) is 4.68 Å². The van der Waals surface area contributed by atoms with Crippen molar-refractivity contribution >= 4 is 35.0 Å². The van der Waals surface area contributed by atoms with Crippen LogP contribution < -0.4 is 9.47 Å². The second-order valence-corrected chi connectivity index (χ2v) is 12.2. The summed E-state index contributed by atoms with van der Waals surface area (Å²) in [5, 5.41) is 10.1. The van der Waals surface area contributed by atoms with Crippen LogP contribution in [-0.4, -0.2) is 75.0 Å². The summed E-state index contributed by atoms with van der Waals surface area (Å²) in [6.45, 7) is 6.11. The fourth-order valence-corrected chi connectivity index (χ4v) is 5.14. The molecule has 0 bridgehead atoms.